The lowest BCUT2D eigenvalue weighted by Crippen LogP contribution is -2.27. The molecule has 0 aliphatic carbocycles. The van der Waals surface area contributed by atoms with Gasteiger partial charge in [-0.15, -0.1) is 0 Å². The van der Waals surface area contributed by atoms with Gasteiger partial charge in [0, 0.05) is 49.2 Å². The Balaban J connectivity index is 1.98. The van der Waals surface area contributed by atoms with Gasteiger partial charge in [-0.25, -0.2) is 14.2 Å². The third-order valence-electron chi connectivity index (χ3n) is 3.99. The molecule has 0 fully saturated rings. The van der Waals surface area contributed by atoms with Crippen LogP contribution in [0.5, 0.6) is 5.75 Å². The molecule has 0 spiro atoms. The zero-order valence-corrected chi connectivity index (χ0v) is 13.3. The predicted molar refractivity (Wildman–Crippen MR) is 86.6 cm³/mol. The number of nitrogens with zero attached hydrogens (tertiary/aromatic N) is 3. The molecule has 3 rings (SSSR count). The van der Waals surface area contributed by atoms with Gasteiger partial charge in [0.1, 0.15) is 5.65 Å². The molecule has 2 heterocycles. The number of imidazole rings is 1. The van der Waals surface area contributed by atoms with E-state index in [2.05, 4.69) is 4.98 Å². The lowest BCUT2D eigenvalue weighted by atomic mass is 10.1. The maximum atomic E-state index is 13.6. The number of halogens is 2. The summed E-state index contributed by atoms with van der Waals surface area (Å²) in [7, 11) is 1.47. The van der Waals surface area contributed by atoms with Crippen molar-refractivity contribution < 1.29 is 23.8 Å². The number of benzene rings is 1. The lowest BCUT2D eigenvalue weighted by molar-refractivity contribution is 0.156. The van der Waals surface area contributed by atoms with Crippen molar-refractivity contribution in [2.45, 2.75) is 6.42 Å². The number of pyridine rings is 1. The second kappa shape index (κ2) is 6.39. The summed E-state index contributed by atoms with van der Waals surface area (Å²) >= 11 is 0. The van der Waals surface area contributed by atoms with Crippen molar-refractivity contribution in [1.82, 2.24) is 14.3 Å². The van der Waals surface area contributed by atoms with E-state index in [0.29, 0.717) is 17.6 Å². The first-order chi connectivity index (χ1) is 11.9. The minimum Gasteiger partial charge on any atom is -0.504 e. The smallest absolute Gasteiger partial charge is 0.407 e. The second-order valence-corrected chi connectivity index (χ2v) is 5.61. The molecule has 1 amide bonds. The zero-order chi connectivity index (χ0) is 18.1. The summed E-state index contributed by atoms with van der Waals surface area (Å²) in [5.74, 6) is -3.18. The number of fused-ring (bicyclic) bond motifs is 1. The van der Waals surface area contributed by atoms with Gasteiger partial charge in [0.25, 0.3) is 0 Å². The number of aromatic nitrogens is 2. The summed E-state index contributed by atoms with van der Waals surface area (Å²) in [6.45, 7) is 0.282. The topological polar surface area (TPSA) is 78.1 Å². The normalized spacial score (nSPS) is 11.0. The molecule has 0 unspecified atom stereocenters. The number of aromatic hydroxyl groups is 1. The Labute approximate surface area is 141 Å². The van der Waals surface area contributed by atoms with Crippen LogP contribution in [0.3, 0.4) is 0 Å². The Morgan fingerprint density at radius 2 is 2.04 bits per heavy atom. The van der Waals surface area contributed by atoms with Crippen molar-refractivity contribution in [1.29, 1.82) is 0 Å². The van der Waals surface area contributed by atoms with Crippen molar-refractivity contribution >= 4 is 11.7 Å². The molecule has 0 saturated heterocycles. The highest BCUT2D eigenvalue weighted by molar-refractivity contribution is 5.71. The number of phenolic OH excluding ortho intramolecular Hbond substituents is 1. The molecule has 130 valence electrons. The van der Waals surface area contributed by atoms with Crippen molar-refractivity contribution in [3.05, 3.63) is 54.0 Å². The monoisotopic (exact) mass is 347 g/mol. The molecule has 1 aromatic carbocycles. The largest absolute Gasteiger partial charge is 0.504 e. The fourth-order valence-corrected chi connectivity index (χ4v) is 2.53. The van der Waals surface area contributed by atoms with E-state index in [9.17, 15) is 18.7 Å². The number of carbonyl (C=O) groups is 1. The average molecular weight is 347 g/mol. The molecule has 0 atom stereocenters. The molecule has 8 heteroatoms. The Bertz CT molecular complexity index is 956. The van der Waals surface area contributed by atoms with Gasteiger partial charge in [-0.3, -0.25) is 0 Å². The fraction of sp³-hybridized carbons (Fsp3) is 0.176. The minimum atomic E-state index is -1.30. The van der Waals surface area contributed by atoms with Crippen LogP contribution in [-0.2, 0) is 6.42 Å². The second-order valence-electron chi connectivity index (χ2n) is 5.61. The zero-order valence-electron chi connectivity index (χ0n) is 13.3. The van der Waals surface area contributed by atoms with Gasteiger partial charge in [-0.2, -0.15) is 4.39 Å². The molecule has 2 aromatic heterocycles. The van der Waals surface area contributed by atoms with E-state index in [1.165, 1.54) is 13.1 Å². The highest BCUT2D eigenvalue weighted by atomic mass is 19.2. The molecule has 2 N–H and O–H groups in total. The Morgan fingerprint density at radius 1 is 1.28 bits per heavy atom. The van der Waals surface area contributed by atoms with Crippen LogP contribution >= 0.6 is 0 Å². The molecule has 0 aliphatic rings. The van der Waals surface area contributed by atoms with E-state index in [1.54, 1.807) is 28.9 Å². The van der Waals surface area contributed by atoms with Crippen LogP contribution < -0.4 is 0 Å². The maximum Gasteiger partial charge on any atom is 0.407 e. The highest BCUT2D eigenvalue weighted by Crippen LogP contribution is 2.32. The van der Waals surface area contributed by atoms with Crippen LogP contribution in [0, 0.1) is 11.6 Å². The minimum absolute atomic E-state index is 0.156. The summed E-state index contributed by atoms with van der Waals surface area (Å²) in [6, 6.07) is 5.57. The molecule has 6 nitrogen and oxygen atoms in total. The van der Waals surface area contributed by atoms with Crippen LogP contribution in [0.4, 0.5) is 13.6 Å². The SMILES string of the molecule is CN(CCc1cnc2ccc(-c3ccc(F)c(F)c3O)cn12)C(=O)O. The van der Waals surface area contributed by atoms with Crippen LogP contribution in [0.2, 0.25) is 0 Å². The van der Waals surface area contributed by atoms with Crippen molar-refractivity contribution in [2.75, 3.05) is 13.6 Å². The average Bonchev–Trinajstić information content (AvgIpc) is 3.00. The molecule has 25 heavy (non-hydrogen) atoms. The predicted octanol–water partition coefficient (Wildman–Crippen LogP) is 3.14. The number of carboxylic acid groups (broad SMARTS) is 1. The number of hydrogen-bond acceptors (Lipinski definition) is 3. The first kappa shape index (κ1) is 16.7. The van der Waals surface area contributed by atoms with Gasteiger partial charge in [-0.1, -0.05) is 0 Å². The standard InChI is InChI=1S/C17H15F2N3O3/c1-21(17(24)25)7-6-11-8-20-14-5-2-10(9-22(11)14)12-3-4-13(18)15(19)16(12)23/h2-5,8-9,23H,6-7H2,1H3,(H,24,25). The first-order valence-electron chi connectivity index (χ1n) is 7.46. The Hall–Kier alpha value is -3.16. The van der Waals surface area contributed by atoms with Gasteiger partial charge in [-0.05, 0) is 24.3 Å². The number of phenols is 1. The van der Waals surface area contributed by atoms with Crippen LogP contribution in [0.25, 0.3) is 16.8 Å². The Morgan fingerprint density at radius 3 is 2.76 bits per heavy atom. The number of hydrogen-bond donors (Lipinski definition) is 2. The number of amides is 1. The molecular weight excluding hydrogens is 332 g/mol. The van der Waals surface area contributed by atoms with Crippen molar-refractivity contribution in [3.8, 4) is 16.9 Å². The highest BCUT2D eigenvalue weighted by Gasteiger charge is 2.15. The Kier molecular flexibility index (Phi) is 4.26. The van der Waals surface area contributed by atoms with Gasteiger partial charge in [0.15, 0.2) is 11.6 Å². The van der Waals surface area contributed by atoms with E-state index in [1.807, 2.05) is 0 Å². The summed E-state index contributed by atoms with van der Waals surface area (Å²) in [5.41, 5.74) is 2.02. The molecule has 0 aliphatic heterocycles. The van der Waals surface area contributed by atoms with E-state index < -0.39 is 23.5 Å². The third-order valence-corrected chi connectivity index (χ3v) is 3.99. The summed E-state index contributed by atoms with van der Waals surface area (Å²) in [4.78, 5) is 16.3. The lowest BCUT2D eigenvalue weighted by Gasteiger charge is -2.12. The summed E-state index contributed by atoms with van der Waals surface area (Å²) in [6.07, 6.45) is 2.67. The van der Waals surface area contributed by atoms with Gasteiger partial charge >= 0.3 is 6.09 Å². The van der Waals surface area contributed by atoms with Gasteiger partial charge in [0.2, 0.25) is 5.82 Å². The summed E-state index contributed by atoms with van der Waals surface area (Å²) < 4.78 is 28.5. The van der Waals surface area contributed by atoms with Gasteiger partial charge in [0.05, 0.1) is 0 Å². The fourth-order valence-electron chi connectivity index (χ4n) is 2.53. The van der Waals surface area contributed by atoms with Crippen LogP contribution in [0.1, 0.15) is 5.69 Å². The van der Waals surface area contributed by atoms with E-state index >= 15 is 0 Å². The molecular formula is C17H15F2N3O3. The quantitative estimate of drug-likeness (QED) is 0.760. The van der Waals surface area contributed by atoms with E-state index in [0.717, 1.165) is 16.7 Å². The van der Waals surface area contributed by atoms with E-state index in [-0.39, 0.29) is 12.1 Å². The van der Waals surface area contributed by atoms with E-state index in [4.69, 9.17) is 5.11 Å². The number of likely N-dealkylation sites (N-methyl/N-ethyl adjacent to an activating group) is 1. The van der Waals surface area contributed by atoms with Crippen LogP contribution in [-0.4, -0.2) is 44.2 Å². The molecule has 0 saturated carbocycles. The summed E-state index contributed by atoms with van der Waals surface area (Å²) in [5, 5.41) is 18.8. The third kappa shape index (κ3) is 3.10. The molecule has 3 aromatic rings. The van der Waals surface area contributed by atoms with Crippen molar-refractivity contribution in [3.63, 3.8) is 0 Å². The van der Waals surface area contributed by atoms with Gasteiger partial charge < -0.3 is 19.5 Å². The number of rotatable bonds is 4. The first-order valence-corrected chi connectivity index (χ1v) is 7.46. The van der Waals surface area contributed by atoms with Crippen LogP contribution in [0.15, 0.2) is 36.7 Å². The molecule has 0 bridgehead atoms. The van der Waals surface area contributed by atoms with Crippen molar-refractivity contribution in [2.24, 2.45) is 0 Å². The molecule has 0 radical (unpaired) electrons. The maximum absolute atomic E-state index is 13.6.